The first-order valence-electron chi connectivity index (χ1n) is 5.26. The molecule has 0 heterocycles. The molecule has 0 atom stereocenters. The lowest BCUT2D eigenvalue weighted by atomic mass is 9.96. The summed E-state index contributed by atoms with van der Waals surface area (Å²) in [6.45, 7) is 3.02. The molecule has 0 bridgehead atoms. The molecular formula is C10H19NO2S. The maximum atomic E-state index is 8.57. The van der Waals surface area contributed by atoms with Crippen LogP contribution in [0.25, 0.3) is 0 Å². The van der Waals surface area contributed by atoms with Crippen LogP contribution in [0, 0.1) is 0 Å². The first kappa shape index (κ1) is 11.9. The molecule has 1 aliphatic carbocycles. The van der Waals surface area contributed by atoms with Gasteiger partial charge in [0.05, 0.1) is 18.4 Å². The van der Waals surface area contributed by atoms with Gasteiger partial charge in [-0.25, -0.2) is 0 Å². The van der Waals surface area contributed by atoms with Gasteiger partial charge in [0.15, 0.2) is 0 Å². The minimum Gasteiger partial charge on any atom is -0.411 e. The monoisotopic (exact) mass is 217 g/mol. The summed E-state index contributed by atoms with van der Waals surface area (Å²) in [6.07, 6.45) is 4.19. The molecule has 0 aromatic heterocycles. The van der Waals surface area contributed by atoms with E-state index in [1.807, 2.05) is 11.8 Å². The Morgan fingerprint density at radius 2 is 2.21 bits per heavy atom. The highest BCUT2D eigenvalue weighted by atomic mass is 32.2. The predicted molar refractivity (Wildman–Crippen MR) is 60.4 cm³/mol. The highest BCUT2D eigenvalue weighted by Crippen LogP contribution is 2.19. The first-order valence-corrected chi connectivity index (χ1v) is 6.41. The summed E-state index contributed by atoms with van der Waals surface area (Å²) in [5.74, 6) is 2.25. The van der Waals surface area contributed by atoms with Gasteiger partial charge in [-0.15, -0.1) is 0 Å². The lowest BCUT2D eigenvalue weighted by Gasteiger charge is -2.22. The van der Waals surface area contributed by atoms with Crippen LogP contribution in [-0.2, 0) is 4.74 Å². The minimum absolute atomic E-state index is 0.387. The van der Waals surface area contributed by atoms with E-state index < -0.39 is 0 Å². The van der Waals surface area contributed by atoms with Crippen molar-refractivity contribution in [1.82, 2.24) is 0 Å². The Morgan fingerprint density at radius 1 is 1.50 bits per heavy atom. The van der Waals surface area contributed by atoms with Crippen molar-refractivity contribution in [3.8, 4) is 0 Å². The Bertz CT molecular complexity index is 175. The van der Waals surface area contributed by atoms with E-state index in [-0.39, 0.29) is 0 Å². The molecule has 0 aromatic rings. The number of hydrogen-bond acceptors (Lipinski definition) is 4. The van der Waals surface area contributed by atoms with Gasteiger partial charge in [-0.2, -0.15) is 11.8 Å². The third-order valence-corrected chi connectivity index (χ3v) is 3.30. The van der Waals surface area contributed by atoms with Crippen molar-refractivity contribution in [2.45, 2.75) is 38.7 Å². The molecule has 0 amide bonds. The maximum absolute atomic E-state index is 8.57. The van der Waals surface area contributed by atoms with E-state index in [1.54, 1.807) is 0 Å². The van der Waals surface area contributed by atoms with Gasteiger partial charge in [-0.05, 0) is 31.4 Å². The predicted octanol–water partition coefficient (Wildman–Crippen LogP) is 2.53. The van der Waals surface area contributed by atoms with Crippen LogP contribution < -0.4 is 0 Å². The maximum Gasteiger partial charge on any atom is 0.0582 e. The highest BCUT2D eigenvalue weighted by molar-refractivity contribution is 7.99. The van der Waals surface area contributed by atoms with Crippen molar-refractivity contribution in [1.29, 1.82) is 0 Å². The van der Waals surface area contributed by atoms with Crippen LogP contribution in [0.5, 0.6) is 0 Å². The van der Waals surface area contributed by atoms with Crippen molar-refractivity contribution in [3.05, 3.63) is 0 Å². The molecule has 3 nitrogen and oxygen atoms in total. The molecule has 1 saturated carbocycles. The zero-order valence-electron chi connectivity index (χ0n) is 8.74. The van der Waals surface area contributed by atoms with Crippen LogP contribution in [0.4, 0.5) is 0 Å². The van der Waals surface area contributed by atoms with Gasteiger partial charge in [0.2, 0.25) is 0 Å². The Hall–Kier alpha value is -0.220. The van der Waals surface area contributed by atoms with Gasteiger partial charge in [-0.3, -0.25) is 0 Å². The second-order valence-electron chi connectivity index (χ2n) is 3.43. The molecule has 82 valence electrons. The van der Waals surface area contributed by atoms with Gasteiger partial charge in [0.1, 0.15) is 0 Å². The van der Waals surface area contributed by atoms with Gasteiger partial charge < -0.3 is 9.94 Å². The standard InChI is InChI=1S/C10H19NO2S/c1-2-14-8-7-13-10-5-3-9(11-12)4-6-10/h10,12H,2-8H2,1H3. The molecule has 1 N–H and O–H groups in total. The average Bonchev–Trinajstić information content (AvgIpc) is 2.25. The van der Waals surface area contributed by atoms with Crippen molar-refractivity contribution < 1.29 is 9.94 Å². The number of oxime groups is 1. The Kier molecular flexibility index (Phi) is 6.03. The highest BCUT2D eigenvalue weighted by Gasteiger charge is 2.17. The summed E-state index contributed by atoms with van der Waals surface area (Å²) >= 11 is 1.91. The van der Waals surface area contributed by atoms with Crippen LogP contribution >= 0.6 is 11.8 Å². The molecule has 0 spiro atoms. The summed E-state index contributed by atoms with van der Waals surface area (Å²) < 4.78 is 5.72. The molecular weight excluding hydrogens is 198 g/mol. The van der Waals surface area contributed by atoms with Crippen LogP contribution in [0.15, 0.2) is 5.16 Å². The van der Waals surface area contributed by atoms with Crippen molar-refractivity contribution in [2.24, 2.45) is 5.16 Å². The van der Waals surface area contributed by atoms with E-state index in [2.05, 4.69) is 12.1 Å². The van der Waals surface area contributed by atoms with Crippen LogP contribution in [-0.4, -0.2) is 35.1 Å². The third-order valence-electron chi connectivity index (χ3n) is 2.44. The fraction of sp³-hybridized carbons (Fsp3) is 0.900. The van der Waals surface area contributed by atoms with Crippen molar-refractivity contribution in [3.63, 3.8) is 0 Å². The molecule has 1 rings (SSSR count). The van der Waals surface area contributed by atoms with E-state index in [4.69, 9.17) is 9.94 Å². The number of ether oxygens (including phenoxy) is 1. The Morgan fingerprint density at radius 3 is 2.79 bits per heavy atom. The van der Waals surface area contributed by atoms with E-state index >= 15 is 0 Å². The summed E-state index contributed by atoms with van der Waals surface area (Å²) in [5.41, 5.74) is 0.924. The van der Waals surface area contributed by atoms with Crippen molar-refractivity contribution in [2.75, 3.05) is 18.1 Å². The van der Waals surface area contributed by atoms with E-state index in [0.29, 0.717) is 6.10 Å². The molecule has 0 aliphatic heterocycles. The van der Waals surface area contributed by atoms with Crippen LogP contribution in [0.2, 0.25) is 0 Å². The van der Waals surface area contributed by atoms with E-state index in [0.717, 1.165) is 49.5 Å². The lowest BCUT2D eigenvalue weighted by molar-refractivity contribution is 0.0506. The molecule has 4 heteroatoms. The second-order valence-corrected chi connectivity index (χ2v) is 4.83. The summed E-state index contributed by atoms with van der Waals surface area (Å²) in [4.78, 5) is 0. The quantitative estimate of drug-likeness (QED) is 0.437. The summed E-state index contributed by atoms with van der Waals surface area (Å²) in [6, 6.07) is 0. The second kappa shape index (κ2) is 7.12. The largest absolute Gasteiger partial charge is 0.411 e. The smallest absolute Gasteiger partial charge is 0.0582 e. The average molecular weight is 217 g/mol. The van der Waals surface area contributed by atoms with Gasteiger partial charge in [0.25, 0.3) is 0 Å². The number of nitrogens with zero attached hydrogens (tertiary/aromatic N) is 1. The molecule has 1 aliphatic rings. The number of rotatable bonds is 5. The van der Waals surface area contributed by atoms with Crippen molar-refractivity contribution >= 4 is 17.5 Å². The number of thioether (sulfide) groups is 1. The van der Waals surface area contributed by atoms with Gasteiger partial charge >= 0.3 is 0 Å². The zero-order chi connectivity index (χ0) is 10.2. The molecule has 0 aromatic carbocycles. The third kappa shape index (κ3) is 4.33. The number of hydrogen-bond donors (Lipinski definition) is 1. The fourth-order valence-electron chi connectivity index (χ4n) is 1.61. The van der Waals surface area contributed by atoms with E-state index in [9.17, 15) is 0 Å². The van der Waals surface area contributed by atoms with Crippen LogP contribution in [0.1, 0.15) is 32.6 Å². The Labute approximate surface area is 89.9 Å². The fourth-order valence-corrected chi connectivity index (χ4v) is 2.11. The van der Waals surface area contributed by atoms with Gasteiger partial charge in [-0.1, -0.05) is 12.1 Å². The normalized spacial score (nSPS) is 22.4. The topological polar surface area (TPSA) is 41.8 Å². The van der Waals surface area contributed by atoms with Crippen LogP contribution in [0.3, 0.4) is 0 Å². The first-order chi connectivity index (χ1) is 6.86. The molecule has 0 unspecified atom stereocenters. The summed E-state index contributed by atoms with van der Waals surface area (Å²) in [7, 11) is 0. The minimum atomic E-state index is 0.387. The lowest BCUT2D eigenvalue weighted by Crippen LogP contribution is -2.22. The SMILES string of the molecule is CCSCCOC1CCC(=NO)CC1. The molecule has 0 radical (unpaired) electrons. The Balaban J connectivity index is 2.04. The summed E-state index contributed by atoms with van der Waals surface area (Å²) in [5, 5.41) is 11.8. The van der Waals surface area contributed by atoms with E-state index in [1.165, 1.54) is 0 Å². The molecule has 1 fully saturated rings. The molecule has 14 heavy (non-hydrogen) atoms. The molecule has 0 saturated heterocycles. The van der Waals surface area contributed by atoms with Gasteiger partial charge in [0, 0.05) is 5.75 Å². The zero-order valence-corrected chi connectivity index (χ0v) is 9.55.